The number of carboxylic acid groups (broad SMARTS) is 1. The van der Waals surface area contributed by atoms with Gasteiger partial charge in [-0.2, -0.15) is 0 Å². The Morgan fingerprint density at radius 3 is 2.55 bits per heavy atom. The van der Waals surface area contributed by atoms with Crippen molar-refractivity contribution in [2.75, 3.05) is 5.32 Å². The first-order valence-corrected chi connectivity index (χ1v) is 6.41. The summed E-state index contributed by atoms with van der Waals surface area (Å²) in [4.78, 5) is 22.9. The second-order valence-corrected chi connectivity index (χ2v) is 4.76. The first kappa shape index (κ1) is 15.9. The van der Waals surface area contributed by atoms with Crippen LogP contribution in [0.5, 0.6) is 0 Å². The van der Waals surface area contributed by atoms with Gasteiger partial charge in [-0.05, 0) is 36.6 Å². The van der Waals surface area contributed by atoms with Crippen LogP contribution in [0.15, 0.2) is 18.2 Å². The summed E-state index contributed by atoms with van der Waals surface area (Å²) in [5, 5.41) is 14.0. The van der Waals surface area contributed by atoms with Crippen LogP contribution in [0.25, 0.3) is 0 Å². The molecule has 110 valence electrons. The fourth-order valence-corrected chi connectivity index (χ4v) is 1.71. The minimum absolute atomic E-state index is 0.187. The predicted octanol–water partition coefficient (Wildman–Crippen LogP) is 2.75. The summed E-state index contributed by atoms with van der Waals surface area (Å²) in [5.41, 5.74) is 0.814. The Balaban J connectivity index is 2.70. The largest absolute Gasteiger partial charge is 0.480 e. The van der Waals surface area contributed by atoms with E-state index in [0.29, 0.717) is 17.7 Å². The molecule has 2 atom stereocenters. The number of carboxylic acids is 1. The summed E-state index contributed by atoms with van der Waals surface area (Å²) in [5.74, 6) is -1.63. The van der Waals surface area contributed by atoms with Crippen LogP contribution >= 0.6 is 0 Å². The molecule has 3 N–H and O–H groups in total. The summed E-state index contributed by atoms with van der Waals surface area (Å²) < 4.78 is 13.1. The molecular weight excluding hydrogens is 263 g/mol. The first-order chi connectivity index (χ1) is 9.35. The highest BCUT2D eigenvalue weighted by molar-refractivity contribution is 5.92. The van der Waals surface area contributed by atoms with E-state index in [4.69, 9.17) is 5.11 Å². The Hall–Kier alpha value is -2.11. The lowest BCUT2D eigenvalue weighted by Crippen LogP contribution is -2.46. The highest BCUT2D eigenvalue weighted by Gasteiger charge is 2.25. The molecule has 0 saturated carbocycles. The van der Waals surface area contributed by atoms with Gasteiger partial charge in [-0.25, -0.2) is 14.0 Å². The van der Waals surface area contributed by atoms with Crippen molar-refractivity contribution in [3.05, 3.63) is 29.6 Å². The quantitative estimate of drug-likeness (QED) is 0.777. The van der Waals surface area contributed by atoms with Crippen LogP contribution in [-0.2, 0) is 4.79 Å². The average molecular weight is 282 g/mol. The van der Waals surface area contributed by atoms with Crippen molar-refractivity contribution in [2.24, 2.45) is 5.92 Å². The molecule has 0 radical (unpaired) electrons. The number of hydrogen-bond acceptors (Lipinski definition) is 2. The van der Waals surface area contributed by atoms with Gasteiger partial charge in [-0.3, -0.25) is 0 Å². The molecule has 1 unspecified atom stereocenters. The Morgan fingerprint density at radius 1 is 1.40 bits per heavy atom. The van der Waals surface area contributed by atoms with E-state index in [1.54, 1.807) is 13.8 Å². The Bertz CT molecular complexity index is 505. The monoisotopic (exact) mass is 282 g/mol. The third-order valence-electron chi connectivity index (χ3n) is 3.18. The Labute approximate surface area is 117 Å². The maximum absolute atomic E-state index is 13.1. The third-order valence-corrected chi connectivity index (χ3v) is 3.18. The zero-order valence-corrected chi connectivity index (χ0v) is 11.7. The van der Waals surface area contributed by atoms with Crippen molar-refractivity contribution in [3.63, 3.8) is 0 Å². The second-order valence-electron chi connectivity index (χ2n) is 4.76. The van der Waals surface area contributed by atoms with Gasteiger partial charge in [-0.15, -0.1) is 0 Å². The van der Waals surface area contributed by atoms with Gasteiger partial charge in [0.2, 0.25) is 0 Å². The third kappa shape index (κ3) is 4.22. The molecule has 0 aliphatic rings. The van der Waals surface area contributed by atoms with E-state index in [-0.39, 0.29) is 11.7 Å². The normalized spacial score (nSPS) is 13.4. The Kier molecular flexibility index (Phi) is 5.49. The molecule has 0 fully saturated rings. The summed E-state index contributed by atoms with van der Waals surface area (Å²) in [6, 6.07) is 2.56. The zero-order chi connectivity index (χ0) is 15.3. The van der Waals surface area contributed by atoms with E-state index in [9.17, 15) is 14.0 Å². The average Bonchev–Trinajstić information content (AvgIpc) is 2.39. The van der Waals surface area contributed by atoms with E-state index in [1.807, 2.05) is 6.92 Å². The number of hydrogen-bond donors (Lipinski definition) is 3. The minimum Gasteiger partial charge on any atom is -0.480 e. The van der Waals surface area contributed by atoms with Crippen LogP contribution in [0.2, 0.25) is 0 Å². The topological polar surface area (TPSA) is 78.4 Å². The first-order valence-electron chi connectivity index (χ1n) is 6.41. The van der Waals surface area contributed by atoms with Gasteiger partial charge >= 0.3 is 12.0 Å². The van der Waals surface area contributed by atoms with E-state index < -0.39 is 18.0 Å². The van der Waals surface area contributed by atoms with Gasteiger partial charge in [0.25, 0.3) is 0 Å². The lowest BCUT2D eigenvalue weighted by Gasteiger charge is -2.20. The fraction of sp³-hybridized carbons (Fsp3) is 0.429. The molecular formula is C14H19FN2O3. The summed E-state index contributed by atoms with van der Waals surface area (Å²) in [6.45, 7) is 5.18. The molecule has 0 saturated heterocycles. The van der Waals surface area contributed by atoms with Crippen molar-refractivity contribution in [1.29, 1.82) is 0 Å². The standard InChI is InChI=1S/C14H19FN2O3/c1-4-8(2)12(13(18)19)17-14(20)16-10-5-6-11(15)9(3)7-10/h5-8,12H,4H2,1-3H3,(H,18,19)(H2,16,17,20)/t8?,12-/m0/s1. The van der Waals surface area contributed by atoms with E-state index >= 15 is 0 Å². The van der Waals surface area contributed by atoms with Gasteiger partial charge in [0, 0.05) is 5.69 Å². The number of carbonyl (C=O) groups excluding carboxylic acids is 1. The molecule has 5 nitrogen and oxygen atoms in total. The van der Waals surface area contributed by atoms with Crippen LogP contribution in [0.4, 0.5) is 14.9 Å². The molecule has 6 heteroatoms. The number of urea groups is 1. The Morgan fingerprint density at radius 2 is 2.05 bits per heavy atom. The minimum atomic E-state index is -1.08. The van der Waals surface area contributed by atoms with E-state index in [2.05, 4.69) is 10.6 Å². The molecule has 1 rings (SSSR count). The number of amides is 2. The van der Waals surface area contributed by atoms with Crippen molar-refractivity contribution in [3.8, 4) is 0 Å². The maximum atomic E-state index is 13.1. The molecule has 0 spiro atoms. The lowest BCUT2D eigenvalue weighted by atomic mass is 9.99. The van der Waals surface area contributed by atoms with Gasteiger partial charge in [0.15, 0.2) is 0 Å². The molecule has 0 heterocycles. The highest BCUT2D eigenvalue weighted by Crippen LogP contribution is 2.14. The van der Waals surface area contributed by atoms with Crippen LogP contribution < -0.4 is 10.6 Å². The van der Waals surface area contributed by atoms with Crippen LogP contribution in [0.3, 0.4) is 0 Å². The van der Waals surface area contributed by atoms with Gasteiger partial charge in [0.1, 0.15) is 11.9 Å². The van der Waals surface area contributed by atoms with Gasteiger partial charge in [0.05, 0.1) is 0 Å². The van der Waals surface area contributed by atoms with Crippen molar-refractivity contribution in [2.45, 2.75) is 33.2 Å². The smallest absolute Gasteiger partial charge is 0.326 e. The molecule has 0 aliphatic carbocycles. The number of carbonyl (C=O) groups is 2. The van der Waals surface area contributed by atoms with Crippen LogP contribution in [0, 0.1) is 18.7 Å². The lowest BCUT2D eigenvalue weighted by molar-refractivity contribution is -0.140. The fourth-order valence-electron chi connectivity index (χ4n) is 1.71. The second kappa shape index (κ2) is 6.88. The summed E-state index contributed by atoms with van der Waals surface area (Å²) in [6.07, 6.45) is 0.632. The summed E-state index contributed by atoms with van der Waals surface area (Å²) in [7, 11) is 0. The molecule has 20 heavy (non-hydrogen) atoms. The number of rotatable bonds is 5. The predicted molar refractivity (Wildman–Crippen MR) is 74.2 cm³/mol. The zero-order valence-electron chi connectivity index (χ0n) is 11.7. The SMILES string of the molecule is CCC(C)[C@H](NC(=O)Nc1ccc(F)c(C)c1)C(=O)O. The van der Waals surface area contributed by atoms with Gasteiger partial charge < -0.3 is 15.7 Å². The number of benzene rings is 1. The van der Waals surface area contributed by atoms with Crippen molar-refractivity contribution < 1.29 is 19.1 Å². The number of aryl methyl sites for hydroxylation is 1. The highest BCUT2D eigenvalue weighted by atomic mass is 19.1. The van der Waals surface area contributed by atoms with Crippen molar-refractivity contribution in [1.82, 2.24) is 5.32 Å². The number of aliphatic carboxylic acids is 1. The van der Waals surface area contributed by atoms with E-state index in [1.165, 1.54) is 18.2 Å². The molecule has 0 aliphatic heterocycles. The summed E-state index contributed by atoms with van der Waals surface area (Å²) >= 11 is 0. The van der Waals surface area contributed by atoms with Gasteiger partial charge in [-0.1, -0.05) is 20.3 Å². The molecule has 0 bridgehead atoms. The van der Waals surface area contributed by atoms with Crippen molar-refractivity contribution >= 4 is 17.7 Å². The maximum Gasteiger partial charge on any atom is 0.326 e. The number of nitrogens with one attached hydrogen (secondary N) is 2. The molecule has 1 aromatic carbocycles. The van der Waals surface area contributed by atoms with Crippen LogP contribution in [0.1, 0.15) is 25.8 Å². The van der Waals surface area contributed by atoms with E-state index in [0.717, 1.165) is 0 Å². The van der Waals surface area contributed by atoms with Crippen LogP contribution in [-0.4, -0.2) is 23.1 Å². The molecule has 0 aromatic heterocycles. The number of halogens is 1. The number of anilines is 1. The molecule has 2 amide bonds. The molecule has 1 aromatic rings.